The third kappa shape index (κ3) is 4.40. The second kappa shape index (κ2) is 7.86. The number of halogens is 4. The van der Waals surface area contributed by atoms with Crippen LogP contribution in [0.5, 0.6) is 0 Å². The highest BCUT2D eigenvalue weighted by Crippen LogP contribution is 2.41. The minimum atomic E-state index is -5.28. The second-order valence-corrected chi connectivity index (χ2v) is 8.88. The molecule has 0 aromatic heterocycles. The summed E-state index contributed by atoms with van der Waals surface area (Å²) in [5, 5.41) is 6.31. The fourth-order valence-corrected chi connectivity index (χ4v) is 4.38. The Balaban J connectivity index is 1.50. The largest absolute Gasteiger partial charge is 0.511 e. The molecule has 1 aliphatic carbocycles. The molecule has 156 valence electrons. The molecule has 2 fully saturated rings. The number of nitrogens with one attached hydrogen (secondary N) is 2. The molecule has 1 heterocycles. The summed E-state index contributed by atoms with van der Waals surface area (Å²) in [5.41, 5.74) is -4.64. The van der Waals surface area contributed by atoms with Gasteiger partial charge in [0.15, 0.2) is 5.96 Å². The van der Waals surface area contributed by atoms with Crippen LogP contribution in [0.1, 0.15) is 30.7 Å². The van der Waals surface area contributed by atoms with Gasteiger partial charge in [0, 0.05) is 38.1 Å². The van der Waals surface area contributed by atoms with Crippen molar-refractivity contribution in [3.8, 4) is 0 Å². The molecular formula is C17H22F4N4O2S. The number of benzene rings is 1. The maximum absolute atomic E-state index is 13.9. The molecule has 0 radical (unpaired) electrons. The first-order valence-electron chi connectivity index (χ1n) is 8.94. The third-order valence-electron chi connectivity index (χ3n) is 5.07. The third-order valence-corrected chi connectivity index (χ3v) is 6.70. The Labute approximate surface area is 161 Å². The van der Waals surface area contributed by atoms with E-state index in [1.54, 1.807) is 25.2 Å². The summed E-state index contributed by atoms with van der Waals surface area (Å²) in [6.45, 7) is -0.421. The van der Waals surface area contributed by atoms with Gasteiger partial charge in [0.2, 0.25) is 0 Å². The lowest BCUT2D eigenvalue weighted by molar-refractivity contribution is -0.0494. The van der Waals surface area contributed by atoms with Crippen molar-refractivity contribution < 1.29 is 26.0 Å². The van der Waals surface area contributed by atoms with Crippen molar-refractivity contribution in [2.75, 3.05) is 20.1 Å². The molecule has 2 atom stereocenters. The number of sulfonamides is 1. The van der Waals surface area contributed by atoms with Gasteiger partial charge in [-0.15, -0.1) is 0 Å². The van der Waals surface area contributed by atoms with Crippen molar-refractivity contribution in [2.45, 2.75) is 42.8 Å². The van der Waals surface area contributed by atoms with Crippen LogP contribution in [0.25, 0.3) is 0 Å². The van der Waals surface area contributed by atoms with Crippen molar-refractivity contribution in [1.82, 2.24) is 14.9 Å². The molecule has 0 bridgehead atoms. The fourth-order valence-electron chi connectivity index (χ4n) is 3.40. The molecule has 1 aliphatic heterocycles. The topological polar surface area (TPSA) is 73.8 Å². The Hall–Kier alpha value is -1.88. The molecule has 2 N–H and O–H groups in total. The summed E-state index contributed by atoms with van der Waals surface area (Å²) in [5.74, 6) is 0.262. The Morgan fingerprint density at radius 2 is 1.82 bits per heavy atom. The van der Waals surface area contributed by atoms with Crippen LogP contribution in [0.4, 0.5) is 17.6 Å². The zero-order valence-corrected chi connectivity index (χ0v) is 16.0. The SMILES string of the molecule is CN=C(NC1CCN(S(=O)(=O)C(F)(F)F)CC1)NC1CC1c1ccccc1F. The van der Waals surface area contributed by atoms with Crippen LogP contribution in [-0.4, -0.2) is 56.4 Å². The van der Waals surface area contributed by atoms with Gasteiger partial charge in [0.1, 0.15) is 5.82 Å². The highest BCUT2D eigenvalue weighted by Gasteiger charge is 2.50. The van der Waals surface area contributed by atoms with Crippen molar-refractivity contribution in [2.24, 2.45) is 4.99 Å². The number of hydrogen-bond acceptors (Lipinski definition) is 3. The molecule has 28 heavy (non-hydrogen) atoms. The van der Waals surface area contributed by atoms with E-state index in [0.29, 0.717) is 15.8 Å². The molecule has 0 spiro atoms. The second-order valence-electron chi connectivity index (χ2n) is 6.96. The molecule has 6 nitrogen and oxygen atoms in total. The van der Waals surface area contributed by atoms with E-state index in [-0.39, 0.29) is 49.7 Å². The van der Waals surface area contributed by atoms with E-state index in [9.17, 15) is 26.0 Å². The molecule has 11 heteroatoms. The lowest BCUT2D eigenvalue weighted by Gasteiger charge is -2.32. The number of rotatable bonds is 4. The van der Waals surface area contributed by atoms with E-state index < -0.39 is 15.5 Å². The van der Waals surface area contributed by atoms with Crippen molar-refractivity contribution in [3.05, 3.63) is 35.6 Å². The Morgan fingerprint density at radius 1 is 1.18 bits per heavy atom. The number of piperidine rings is 1. The molecule has 1 saturated heterocycles. The molecule has 2 unspecified atom stereocenters. The zero-order chi connectivity index (χ0) is 20.5. The highest BCUT2D eigenvalue weighted by molar-refractivity contribution is 7.90. The normalized spacial score (nSPS) is 24.8. The minimum absolute atomic E-state index is 0.0220. The minimum Gasteiger partial charge on any atom is -0.354 e. The zero-order valence-electron chi connectivity index (χ0n) is 15.2. The maximum atomic E-state index is 13.9. The van der Waals surface area contributed by atoms with E-state index in [1.807, 2.05) is 0 Å². The molecule has 0 amide bonds. The number of aliphatic imine (C=N–C) groups is 1. The first-order chi connectivity index (χ1) is 13.1. The lowest BCUT2D eigenvalue weighted by atomic mass is 10.1. The van der Waals surface area contributed by atoms with Gasteiger partial charge in [-0.1, -0.05) is 18.2 Å². The van der Waals surface area contributed by atoms with Crippen LogP contribution in [0.15, 0.2) is 29.3 Å². The van der Waals surface area contributed by atoms with Crippen LogP contribution in [0.3, 0.4) is 0 Å². The summed E-state index contributed by atoms with van der Waals surface area (Å²) < 4.78 is 75.1. The van der Waals surface area contributed by atoms with Gasteiger partial charge in [-0.05, 0) is 30.9 Å². The summed E-state index contributed by atoms with van der Waals surface area (Å²) in [4.78, 5) is 4.11. The van der Waals surface area contributed by atoms with Gasteiger partial charge in [0.25, 0.3) is 0 Å². The molecular weight excluding hydrogens is 400 g/mol. The number of hydrogen-bond donors (Lipinski definition) is 2. The van der Waals surface area contributed by atoms with E-state index >= 15 is 0 Å². The molecule has 2 aliphatic rings. The molecule has 1 aromatic carbocycles. The standard InChI is InChI=1S/C17H22F4N4O2S/c1-22-16(24-15-10-13(15)12-4-2-3-5-14(12)18)23-11-6-8-25(9-7-11)28(26,27)17(19,20)21/h2-5,11,13,15H,6-10H2,1H3,(H2,22,23,24). The monoisotopic (exact) mass is 422 g/mol. The van der Waals surface area contributed by atoms with Gasteiger partial charge in [-0.25, -0.2) is 12.8 Å². The maximum Gasteiger partial charge on any atom is 0.511 e. The van der Waals surface area contributed by atoms with E-state index in [1.165, 1.54) is 6.07 Å². The summed E-state index contributed by atoms with van der Waals surface area (Å²) in [7, 11) is -3.72. The number of guanidine groups is 1. The van der Waals surface area contributed by atoms with Crippen LogP contribution >= 0.6 is 0 Å². The van der Waals surface area contributed by atoms with Gasteiger partial charge in [0.05, 0.1) is 0 Å². The first kappa shape index (κ1) is 20.8. The van der Waals surface area contributed by atoms with Crippen LogP contribution in [-0.2, 0) is 10.0 Å². The number of alkyl halides is 3. The van der Waals surface area contributed by atoms with Gasteiger partial charge < -0.3 is 10.6 Å². The van der Waals surface area contributed by atoms with Crippen molar-refractivity contribution >= 4 is 16.0 Å². The van der Waals surface area contributed by atoms with Gasteiger partial charge in [-0.3, -0.25) is 4.99 Å². The van der Waals surface area contributed by atoms with Gasteiger partial charge >= 0.3 is 15.5 Å². The van der Waals surface area contributed by atoms with Crippen LogP contribution in [0, 0.1) is 5.82 Å². The lowest BCUT2D eigenvalue weighted by Crippen LogP contribution is -2.52. The Morgan fingerprint density at radius 3 is 2.39 bits per heavy atom. The quantitative estimate of drug-likeness (QED) is 0.443. The summed E-state index contributed by atoms with van der Waals surface area (Å²) >= 11 is 0. The first-order valence-corrected chi connectivity index (χ1v) is 10.4. The van der Waals surface area contributed by atoms with Crippen LogP contribution in [0.2, 0.25) is 0 Å². The Bertz CT molecular complexity index is 836. The smallest absolute Gasteiger partial charge is 0.354 e. The average molecular weight is 422 g/mol. The average Bonchev–Trinajstić information content (AvgIpc) is 3.40. The predicted molar refractivity (Wildman–Crippen MR) is 96.7 cm³/mol. The van der Waals surface area contributed by atoms with E-state index in [2.05, 4.69) is 15.6 Å². The molecule has 3 rings (SSSR count). The molecule has 1 aromatic rings. The number of nitrogens with zero attached hydrogens (tertiary/aromatic N) is 2. The predicted octanol–water partition coefficient (Wildman–Crippen LogP) is 2.16. The summed E-state index contributed by atoms with van der Waals surface area (Å²) in [6, 6.07) is 6.40. The molecule has 1 saturated carbocycles. The van der Waals surface area contributed by atoms with E-state index in [4.69, 9.17) is 0 Å². The van der Waals surface area contributed by atoms with Crippen molar-refractivity contribution in [1.29, 1.82) is 0 Å². The van der Waals surface area contributed by atoms with E-state index in [0.717, 1.165) is 6.42 Å². The fraction of sp³-hybridized carbons (Fsp3) is 0.588. The van der Waals surface area contributed by atoms with Crippen molar-refractivity contribution in [3.63, 3.8) is 0 Å². The highest BCUT2D eigenvalue weighted by atomic mass is 32.2. The Kier molecular flexibility index (Phi) is 5.85. The summed E-state index contributed by atoms with van der Waals surface area (Å²) in [6.07, 6.45) is 1.22. The van der Waals surface area contributed by atoms with Gasteiger partial charge in [-0.2, -0.15) is 17.5 Å². The van der Waals surface area contributed by atoms with Crippen LogP contribution < -0.4 is 10.6 Å².